The highest BCUT2D eigenvalue weighted by molar-refractivity contribution is 7.13. The highest BCUT2D eigenvalue weighted by Gasteiger charge is 2.25. The van der Waals surface area contributed by atoms with Gasteiger partial charge in [-0.15, -0.1) is 11.3 Å². The zero-order valence-corrected chi connectivity index (χ0v) is 17.8. The van der Waals surface area contributed by atoms with Gasteiger partial charge in [-0.05, 0) is 0 Å². The van der Waals surface area contributed by atoms with E-state index in [4.69, 9.17) is 9.51 Å². The van der Waals surface area contributed by atoms with Crippen molar-refractivity contribution in [2.45, 2.75) is 6.54 Å². The van der Waals surface area contributed by atoms with Crippen LogP contribution in [0.4, 0.5) is 0 Å². The molecule has 3 heterocycles. The normalized spacial score (nSPS) is 14.6. The third kappa shape index (κ3) is 4.42. The largest absolute Gasteiger partial charge is 0.350 e. The van der Waals surface area contributed by atoms with Crippen molar-refractivity contribution in [2.75, 3.05) is 26.2 Å². The van der Waals surface area contributed by atoms with E-state index in [1.165, 1.54) is 0 Å². The summed E-state index contributed by atoms with van der Waals surface area (Å²) >= 11 is 1.67. The molecule has 0 bridgehead atoms. The quantitative estimate of drug-likeness (QED) is 0.469. The molecule has 0 atom stereocenters. The molecular weight excluding hydrogens is 408 g/mol. The molecule has 0 N–H and O–H groups in total. The minimum Gasteiger partial charge on any atom is -0.350 e. The predicted molar refractivity (Wildman–Crippen MR) is 121 cm³/mol. The fourth-order valence-corrected chi connectivity index (χ4v) is 4.52. The average molecular weight is 431 g/mol. The zero-order valence-electron chi connectivity index (χ0n) is 17.0. The van der Waals surface area contributed by atoms with Gasteiger partial charge in [-0.25, -0.2) is 4.98 Å². The molecule has 0 saturated carbocycles. The smallest absolute Gasteiger partial charge is 0.292 e. The molecule has 31 heavy (non-hydrogen) atoms. The maximum absolute atomic E-state index is 12.8. The van der Waals surface area contributed by atoms with E-state index in [9.17, 15) is 4.79 Å². The summed E-state index contributed by atoms with van der Waals surface area (Å²) in [6, 6.07) is 21.7. The average Bonchev–Trinajstić information content (AvgIpc) is 3.51. The Morgan fingerprint density at radius 3 is 2.32 bits per heavy atom. The molecule has 2 aromatic heterocycles. The molecule has 7 heteroatoms. The van der Waals surface area contributed by atoms with E-state index in [2.05, 4.69) is 27.6 Å². The fraction of sp³-hybridized carbons (Fsp3) is 0.208. The van der Waals surface area contributed by atoms with Crippen LogP contribution in [0, 0.1) is 0 Å². The summed E-state index contributed by atoms with van der Waals surface area (Å²) in [5.74, 6) is 0.189. The Bertz CT molecular complexity index is 1150. The number of carbonyl (C=O) groups is 1. The number of amides is 1. The van der Waals surface area contributed by atoms with Crippen LogP contribution in [0.2, 0.25) is 0 Å². The van der Waals surface area contributed by atoms with Crippen molar-refractivity contribution < 1.29 is 9.32 Å². The first-order valence-corrected chi connectivity index (χ1v) is 11.2. The Morgan fingerprint density at radius 2 is 1.61 bits per heavy atom. The van der Waals surface area contributed by atoms with Crippen molar-refractivity contribution in [1.29, 1.82) is 0 Å². The van der Waals surface area contributed by atoms with Crippen molar-refractivity contribution in [2.24, 2.45) is 0 Å². The van der Waals surface area contributed by atoms with Gasteiger partial charge >= 0.3 is 0 Å². The molecule has 1 aliphatic heterocycles. The van der Waals surface area contributed by atoms with Crippen LogP contribution in [-0.4, -0.2) is 52.0 Å². The monoisotopic (exact) mass is 430 g/mol. The molecule has 4 aromatic rings. The lowest BCUT2D eigenvalue weighted by Gasteiger charge is -2.33. The third-order valence-corrected chi connectivity index (χ3v) is 6.35. The molecule has 1 amide bonds. The van der Waals surface area contributed by atoms with Gasteiger partial charge in [-0.3, -0.25) is 9.69 Å². The summed E-state index contributed by atoms with van der Waals surface area (Å²) in [5, 5.41) is 7.23. The number of aromatic nitrogens is 2. The van der Waals surface area contributed by atoms with Gasteiger partial charge in [0.2, 0.25) is 5.76 Å². The van der Waals surface area contributed by atoms with Crippen molar-refractivity contribution in [3.63, 3.8) is 0 Å². The van der Waals surface area contributed by atoms with Gasteiger partial charge in [0, 0.05) is 55.3 Å². The predicted octanol–water partition coefficient (Wildman–Crippen LogP) is 4.42. The second-order valence-electron chi connectivity index (χ2n) is 7.52. The van der Waals surface area contributed by atoms with Crippen LogP contribution in [0.5, 0.6) is 0 Å². The van der Waals surface area contributed by atoms with E-state index in [-0.39, 0.29) is 5.91 Å². The van der Waals surface area contributed by atoms with E-state index < -0.39 is 0 Å². The molecule has 0 spiro atoms. The Labute approximate surface area is 184 Å². The number of thiazole rings is 1. The maximum atomic E-state index is 12.8. The molecule has 1 aliphatic rings. The Balaban J connectivity index is 1.17. The lowest BCUT2D eigenvalue weighted by molar-refractivity contribution is 0.0587. The van der Waals surface area contributed by atoms with Crippen LogP contribution in [0.1, 0.15) is 16.2 Å². The standard InChI is InChI=1S/C24H22N4O2S/c29-24(22-15-21(26-30-22)18-7-3-1-4-8-18)28-13-11-27(12-14-28)16-20-17-31-23(25-20)19-9-5-2-6-10-19/h1-10,15,17H,11-14,16H2. The number of nitrogens with zero attached hydrogens (tertiary/aromatic N) is 4. The molecule has 1 saturated heterocycles. The minimum absolute atomic E-state index is 0.102. The van der Waals surface area contributed by atoms with Crippen molar-refractivity contribution in [3.8, 4) is 21.8 Å². The lowest BCUT2D eigenvalue weighted by Crippen LogP contribution is -2.48. The Morgan fingerprint density at radius 1 is 0.935 bits per heavy atom. The molecule has 0 radical (unpaired) electrons. The SMILES string of the molecule is O=C(c1cc(-c2ccccc2)no1)N1CCN(Cc2csc(-c3ccccc3)n2)CC1. The van der Waals surface area contributed by atoms with Gasteiger partial charge in [-0.2, -0.15) is 0 Å². The number of hydrogen-bond acceptors (Lipinski definition) is 6. The number of piperazine rings is 1. The molecule has 0 aliphatic carbocycles. The molecule has 6 nitrogen and oxygen atoms in total. The van der Waals surface area contributed by atoms with Gasteiger partial charge < -0.3 is 9.42 Å². The first-order chi connectivity index (χ1) is 15.3. The Hall–Kier alpha value is -3.29. The van der Waals surface area contributed by atoms with Crippen molar-refractivity contribution in [3.05, 3.63) is 83.6 Å². The van der Waals surface area contributed by atoms with Crippen LogP contribution in [0.15, 0.2) is 76.6 Å². The van der Waals surface area contributed by atoms with Crippen LogP contribution < -0.4 is 0 Å². The number of benzene rings is 2. The minimum atomic E-state index is -0.102. The van der Waals surface area contributed by atoms with E-state index in [1.807, 2.05) is 53.4 Å². The number of carbonyl (C=O) groups excluding carboxylic acids is 1. The number of rotatable bonds is 5. The van der Waals surface area contributed by atoms with Gasteiger partial charge in [0.15, 0.2) is 0 Å². The number of hydrogen-bond donors (Lipinski definition) is 0. The van der Waals surface area contributed by atoms with Crippen LogP contribution >= 0.6 is 11.3 Å². The summed E-state index contributed by atoms with van der Waals surface area (Å²) in [5.41, 5.74) is 3.84. The Kier molecular flexibility index (Phi) is 5.60. The van der Waals surface area contributed by atoms with E-state index in [0.717, 1.165) is 41.5 Å². The highest BCUT2D eigenvalue weighted by atomic mass is 32.1. The van der Waals surface area contributed by atoms with Gasteiger partial charge in [0.05, 0.1) is 5.69 Å². The first kappa shape index (κ1) is 19.7. The highest BCUT2D eigenvalue weighted by Crippen LogP contribution is 2.24. The van der Waals surface area contributed by atoms with Crippen LogP contribution in [0.25, 0.3) is 21.8 Å². The summed E-state index contributed by atoms with van der Waals surface area (Å²) in [6.07, 6.45) is 0. The van der Waals surface area contributed by atoms with E-state index >= 15 is 0 Å². The van der Waals surface area contributed by atoms with E-state index in [1.54, 1.807) is 17.4 Å². The second-order valence-corrected chi connectivity index (χ2v) is 8.38. The lowest BCUT2D eigenvalue weighted by atomic mass is 10.1. The zero-order chi connectivity index (χ0) is 21.0. The molecule has 1 fully saturated rings. The molecule has 156 valence electrons. The van der Waals surface area contributed by atoms with Crippen LogP contribution in [0.3, 0.4) is 0 Å². The second kappa shape index (κ2) is 8.83. The van der Waals surface area contributed by atoms with Gasteiger partial charge in [0.25, 0.3) is 5.91 Å². The third-order valence-electron chi connectivity index (χ3n) is 5.41. The fourth-order valence-electron chi connectivity index (χ4n) is 3.71. The summed E-state index contributed by atoms with van der Waals surface area (Å²) in [7, 11) is 0. The van der Waals surface area contributed by atoms with Crippen LogP contribution in [-0.2, 0) is 6.54 Å². The topological polar surface area (TPSA) is 62.5 Å². The van der Waals surface area contributed by atoms with Crippen molar-refractivity contribution in [1.82, 2.24) is 19.9 Å². The molecule has 2 aromatic carbocycles. The van der Waals surface area contributed by atoms with E-state index in [0.29, 0.717) is 24.5 Å². The summed E-state index contributed by atoms with van der Waals surface area (Å²) < 4.78 is 5.34. The molecule has 0 unspecified atom stereocenters. The van der Waals surface area contributed by atoms with Gasteiger partial charge in [-0.1, -0.05) is 65.8 Å². The molecule has 5 rings (SSSR count). The summed E-state index contributed by atoms with van der Waals surface area (Å²) in [6.45, 7) is 3.74. The summed E-state index contributed by atoms with van der Waals surface area (Å²) in [4.78, 5) is 21.8. The first-order valence-electron chi connectivity index (χ1n) is 10.3. The molecular formula is C24H22N4O2S. The maximum Gasteiger partial charge on any atom is 0.292 e. The van der Waals surface area contributed by atoms with Gasteiger partial charge in [0.1, 0.15) is 10.7 Å². The van der Waals surface area contributed by atoms with Crippen molar-refractivity contribution >= 4 is 17.2 Å².